The third-order valence-corrected chi connectivity index (χ3v) is 6.66. The van der Waals surface area contributed by atoms with Crippen molar-refractivity contribution >= 4 is 17.5 Å². The molecule has 2 amide bonds. The number of hydrogen-bond donors (Lipinski definition) is 0. The lowest BCUT2D eigenvalue weighted by Crippen LogP contribution is -2.48. The van der Waals surface area contributed by atoms with Gasteiger partial charge < -0.3 is 9.47 Å². The number of nitrogens with zero attached hydrogens (tertiary/aromatic N) is 3. The first-order valence-corrected chi connectivity index (χ1v) is 12.1. The summed E-state index contributed by atoms with van der Waals surface area (Å²) in [6, 6.07) is 24.9. The molecule has 5 rings (SSSR count). The Balaban J connectivity index is 1.56. The van der Waals surface area contributed by atoms with Gasteiger partial charge >= 0.3 is 0 Å². The zero-order chi connectivity index (χ0) is 25.4. The molecular weight excluding hydrogens is 453 g/mol. The van der Waals surface area contributed by atoms with E-state index in [2.05, 4.69) is 16.7 Å². The van der Waals surface area contributed by atoms with E-state index in [0.29, 0.717) is 5.56 Å². The number of carbonyl (C=O) groups excluding carboxylic acids is 2. The lowest BCUT2D eigenvalue weighted by atomic mass is 9.97. The van der Waals surface area contributed by atoms with Gasteiger partial charge in [0, 0.05) is 17.8 Å². The molecule has 6 heteroatoms. The van der Waals surface area contributed by atoms with Gasteiger partial charge in [0.05, 0.1) is 17.1 Å². The van der Waals surface area contributed by atoms with Crippen LogP contribution in [0.3, 0.4) is 0 Å². The highest BCUT2D eigenvalue weighted by Crippen LogP contribution is 2.42. The second kappa shape index (κ2) is 9.46. The van der Waals surface area contributed by atoms with E-state index in [4.69, 9.17) is 0 Å². The highest BCUT2D eigenvalue weighted by molar-refractivity contribution is 6.02. The molecule has 0 N–H and O–H groups in total. The van der Waals surface area contributed by atoms with Crippen molar-refractivity contribution in [3.05, 3.63) is 119 Å². The average molecular weight is 482 g/mol. The van der Waals surface area contributed by atoms with E-state index < -0.39 is 5.82 Å². The van der Waals surface area contributed by atoms with Crippen LogP contribution in [0, 0.1) is 12.7 Å². The zero-order valence-corrected chi connectivity index (χ0v) is 20.6. The number of rotatable bonds is 5. The van der Waals surface area contributed by atoms with Crippen LogP contribution in [0.4, 0.5) is 10.1 Å². The fraction of sp³-hybridized carbons (Fsp3) is 0.200. The van der Waals surface area contributed by atoms with Gasteiger partial charge in [-0.15, -0.1) is 0 Å². The highest BCUT2D eigenvalue weighted by Gasteiger charge is 2.37. The summed E-state index contributed by atoms with van der Waals surface area (Å²) < 4.78 is 15.6. The Kier molecular flexibility index (Phi) is 6.18. The van der Waals surface area contributed by atoms with E-state index in [1.807, 2.05) is 80.4 Å². The standard InChI is InChI=1S/C30H28FN3O2/c1-20(2)33(30(36)23-14-16-24(31)17-15-23)19-28(35)34-26-8-5-4-7-25(26)32-18-6-9-27(32)29(34)22-12-10-21(3)11-13-22/h4-18,20,29H,19H2,1-3H3. The largest absolute Gasteiger partial charge is 0.327 e. The molecule has 1 aromatic heterocycles. The van der Waals surface area contributed by atoms with E-state index in [0.717, 1.165) is 28.2 Å². The molecule has 1 aliphatic heterocycles. The minimum absolute atomic E-state index is 0.106. The number of aryl methyl sites for hydroxylation is 1. The van der Waals surface area contributed by atoms with Crippen LogP contribution in [0.15, 0.2) is 91.1 Å². The normalized spacial score (nSPS) is 14.4. The van der Waals surface area contributed by atoms with E-state index >= 15 is 0 Å². The molecule has 0 bridgehead atoms. The van der Waals surface area contributed by atoms with Crippen LogP contribution in [-0.2, 0) is 4.79 Å². The summed E-state index contributed by atoms with van der Waals surface area (Å²) in [6.07, 6.45) is 2.01. The van der Waals surface area contributed by atoms with Crippen molar-refractivity contribution in [2.45, 2.75) is 32.9 Å². The van der Waals surface area contributed by atoms with Crippen molar-refractivity contribution in [2.75, 3.05) is 11.4 Å². The molecule has 182 valence electrons. The van der Waals surface area contributed by atoms with Crippen LogP contribution in [0.1, 0.15) is 47.1 Å². The molecule has 36 heavy (non-hydrogen) atoms. The van der Waals surface area contributed by atoms with Crippen LogP contribution in [0.5, 0.6) is 0 Å². The molecule has 0 radical (unpaired) electrons. The van der Waals surface area contributed by atoms with E-state index in [1.165, 1.54) is 29.2 Å². The van der Waals surface area contributed by atoms with Gasteiger partial charge in [-0.2, -0.15) is 0 Å². The maximum atomic E-state index is 14.1. The van der Waals surface area contributed by atoms with Gasteiger partial charge in [-0.3, -0.25) is 14.5 Å². The summed E-state index contributed by atoms with van der Waals surface area (Å²) >= 11 is 0. The number of amides is 2. The minimum atomic E-state index is -0.410. The molecule has 0 saturated carbocycles. The Labute approximate surface area is 210 Å². The Morgan fingerprint density at radius 1 is 0.889 bits per heavy atom. The summed E-state index contributed by atoms with van der Waals surface area (Å²) in [5.74, 6) is -0.906. The molecule has 0 aliphatic carbocycles. The Morgan fingerprint density at radius 2 is 1.56 bits per heavy atom. The van der Waals surface area contributed by atoms with Crippen molar-refractivity contribution in [1.29, 1.82) is 0 Å². The van der Waals surface area contributed by atoms with Gasteiger partial charge in [0.2, 0.25) is 5.91 Å². The fourth-order valence-electron chi connectivity index (χ4n) is 4.80. The molecule has 0 saturated heterocycles. The van der Waals surface area contributed by atoms with Crippen LogP contribution in [0.25, 0.3) is 5.69 Å². The third-order valence-electron chi connectivity index (χ3n) is 6.66. The van der Waals surface area contributed by atoms with Crippen LogP contribution in [-0.4, -0.2) is 33.9 Å². The monoisotopic (exact) mass is 481 g/mol. The van der Waals surface area contributed by atoms with Gasteiger partial charge in [0.15, 0.2) is 0 Å². The van der Waals surface area contributed by atoms with Crippen molar-refractivity contribution in [3.63, 3.8) is 0 Å². The molecule has 1 aliphatic rings. The third kappa shape index (κ3) is 4.19. The predicted octanol–water partition coefficient (Wildman–Crippen LogP) is 5.91. The minimum Gasteiger partial charge on any atom is -0.327 e. The number of fused-ring (bicyclic) bond motifs is 3. The SMILES string of the molecule is Cc1ccc(C2c3cccn3-c3ccccc3N2C(=O)CN(C(=O)c2ccc(F)cc2)C(C)C)cc1. The topological polar surface area (TPSA) is 45.6 Å². The van der Waals surface area contributed by atoms with Gasteiger partial charge in [0.1, 0.15) is 18.4 Å². The van der Waals surface area contributed by atoms with Crippen molar-refractivity contribution < 1.29 is 14.0 Å². The maximum Gasteiger partial charge on any atom is 0.254 e. The maximum absolute atomic E-state index is 14.1. The Morgan fingerprint density at radius 3 is 2.22 bits per heavy atom. The molecule has 3 aromatic carbocycles. The summed E-state index contributed by atoms with van der Waals surface area (Å²) in [4.78, 5) is 30.8. The number of hydrogen-bond acceptors (Lipinski definition) is 2. The van der Waals surface area contributed by atoms with E-state index in [-0.39, 0.29) is 30.4 Å². The summed E-state index contributed by atoms with van der Waals surface area (Å²) in [5, 5.41) is 0. The van der Waals surface area contributed by atoms with E-state index in [1.54, 1.807) is 0 Å². The predicted molar refractivity (Wildman–Crippen MR) is 139 cm³/mol. The summed E-state index contributed by atoms with van der Waals surface area (Å²) in [5.41, 5.74) is 5.15. The number of aromatic nitrogens is 1. The lowest BCUT2D eigenvalue weighted by Gasteiger charge is -2.40. The van der Waals surface area contributed by atoms with Gasteiger partial charge in [-0.25, -0.2) is 4.39 Å². The lowest BCUT2D eigenvalue weighted by molar-refractivity contribution is -0.120. The fourth-order valence-corrected chi connectivity index (χ4v) is 4.80. The Hall–Kier alpha value is -4.19. The molecule has 5 nitrogen and oxygen atoms in total. The number of para-hydroxylation sites is 2. The van der Waals surface area contributed by atoms with Crippen molar-refractivity contribution in [3.8, 4) is 5.69 Å². The zero-order valence-electron chi connectivity index (χ0n) is 20.6. The first-order chi connectivity index (χ1) is 17.3. The summed E-state index contributed by atoms with van der Waals surface area (Å²) in [7, 11) is 0. The molecule has 0 spiro atoms. The molecule has 2 heterocycles. The molecule has 1 unspecified atom stereocenters. The van der Waals surface area contributed by atoms with Gasteiger partial charge in [-0.05, 0) is 74.9 Å². The van der Waals surface area contributed by atoms with Crippen molar-refractivity contribution in [2.24, 2.45) is 0 Å². The number of anilines is 1. The average Bonchev–Trinajstić information content (AvgIpc) is 3.37. The summed E-state index contributed by atoms with van der Waals surface area (Å²) in [6.45, 7) is 5.68. The number of carbonyl (C=O) groups is 2. The highest BCUT2D eigenvalue weighted by atomic mass is 19.1. The second-order valence-corrected chi connectivity index (χ2v) is 9.40. The molecule has 0 fully saturated rings. The first kappa shape index (κ1) is 23.5. The Bertz CT molecular complexity index is 1410. The smallest absolute Gasteiger partial charge is 0.254 e. The molecule has 4 aromatic rings. The number of halogens is 1. The van der Waals surface area contributed by atoms with Gasteiger partial charge in [0.25, 0.3) is 5.91 Å². The van der Waals surface area contributed by atoms with Crippen LogP contribution < -0.4 is 4.90 Å². The van der Waals surface area contributed by atoms with Crippen LogP contribution >= 0.6 is 0 Å². The second-order valence-electron chi connectivity index (χ2n) is 9.40. The van der Waals surface area contributed by atoms with Gasteiger partial charge in [-0.1, -0.05) is 42.0 Å². The van der Waals surface area contributed by atoms with Crippen molar-refractivity contribution in [1.82, 2.24) is 9.47 Å². The van der Waals surface area contributed by atoms with Crippen LogP contribution in [0.2, 0.25) is 0 Å². The first-order valence-electron chi connectivity index (χ1n) is 12.1. The quantitative estimate of drug-likeness (QED) is 0.356. The molecule has 1 atom stereocenters. The van der Waals surface area contributed by atoms with E-state index in [9.17, 15) is 14.0 Å². The molecular formula is C30H28FN3O2. The number of benzene rings is 3.